The number of ether oxygens (including phenoxy) is 1. The van der Waals surface area contributed by atoms with Crippen LogP contribution < -0.4 is 0 Å². The van der Waals surface area contributed by atoms with Crippen molar-refractivity contribution in [2.75, 3.05) is 12.9 Å². The maximum Gasteiger partial charge on any atom is 0.429 e. The first-order valence-corrected chi connectivity index (χ1v) is 6.71. The van der Waals surface area contributed by atoms with Crippen LogP contribution in [-0.4, -0.2) is 50.5 Å². The van der Waals surface area contributed by atoms with Crippen molar-refractivity contribution in [1.29, 1.82) is 0 Å². The van der Waals surface area contributed by atoms with E-state index in [1.54, 1.807) is 0 Å². The zero-order valence-electron chi connectivity index (χ0n) is 9.39. The SMILES string of the molecule is CCOC(=O)C1=NOC(C(F)(F)F)C1S(C)(=O)=O. The van der Waals surface area contributed by atoms with Crippen molar-refractivity contribution >= 4 is 21.5 Å². The monoisotopic (exact) mass is 289 g/mol. The number of halogens is 3. The zero-order valence-corrected chi connectivity index (χ0v) is 10.2. The Balaban J connectivity index is 3.12. The van der Waals surface area contributed by atoms with Crippen LogP contribution in [0.2, 0.25) is 0 Å². The number of hydrogen-bond donors (Lipinski definition) is 0. The Morgan fingerprint density at radius 3 is 2.44 bits per heavy atom. The van der Waals surface area contributed by atoms with E-state index in [1.165, 1.54) is 6.92 Å². The van der Waals surface area contributed by atoms with Crippen molar-refractivity contribution in [3.8, 4) is 0 Å². The Morgan fingerprint density at radius 2 is 2.06 bits per heavy atom. The summed E-state index contributed by atoms with van der Waals surface area (Å²) >= 11 is 0. The molecule has 0 aromatic heterocycles. The zero-order chi connectivity index (χ0) is 14.1. The molecule has 0 fully saturated rings. The molecule has 6 nitrogen and oxygen atoms in total. The lowest BCUT2D eigenvalue weighted by Gasteiger charge is -2.18. The fraction of sp³-hybridized carbons (Fsp3) is 0.750. The lowest BCUT2D eigenvalue weighted by molar-refractivity contribution is -0.210. The number of sulfone groups is 1. The van der Waals surface area contributed by atoms with Crippen molar-refractivity contribution in [3.63, 3.8) is 0 Å². The van der Waals surface area contributed by atoms with E-state index >= 15 is 0 Å². The second-order valence-corrected chi connectivity index (χ2v) is 5.68. The van der Waals surface area contributed by atoms with Crippen molar-refractivity contribution in [2.45, 2.75) is 24.5 Å². The van der Waals surface area contributed by atoms with E-state index in [1.807, 2.05) is 0 Å². The summed E-state index contributed by atoms with van der Waals surface area (Å²) in [5.41, 5.74) is -0.887. The largest absolute Gasteiger partial charge is 0.461 e. The highest BCUT2D eigenvalue weighted by molar-refractivity contribution is 7.92. The van der Waals surface area contributed by atoms with Gasteiger partial charge >= 0.3 is 12.1 Å². The van der Waals surface area contributed by atoms with Crippen LogP contribution in [0.3, 0.4) is 0 Å². The molecular formula is C8H10F3NO5S. The Bertz CT molecular complexity index is 470. The minimum atomic E-state index is -4.95. The van der Waals surface area contributed by atoms with Crippen molar-refractivity contribution in [3.05, 3.63) is 0 Å². The summed E-state index contributed by atoms with van der Waals surface area (Å²) in [5.74, 6) is -1.24. The fourth-order valence-corrected chi connectivity index (χ4v) is 2.58. The maximum atomic E-state index is 12.5. The predicted molar refractivity (Wildman–Crippen MR) is 53.6 cm³/mol. The van der Waals surface area contributed by atoms with Crippen molar-refractivity contribution < 1.29 is 36.0 Å². The fourth-order valence-electron chi connectivity index (χ4n) is 1.38. The molecule has 0 radical (unpaired) electrons. The number of alkyl halides is 3. The topological polar surface area (TPSA) is 82.0 Å². The number of carbonyl (C=O) groups is 1. The molecule has 0 spiro atoms. The standard InChI is InChI=1S/C8H10F3NO5S/c1-3-16-7(13)4-5(18(2,14)15)6(17-12-4)8(9,10)11/h5-6H,3H2,1-2H3. The van der Waals surface area contributed by atoms with Crippen molar-refractivity contribution in [2.24, 2.45) is 5.16 Å². The van der Waals surface area contributed by atoms with Gasteiger partial charge in [0.1, 0.15) is 0 Å². The minimum Gasteiger partial charge on any atom is -0.461 e. The molecule has 0 aromatic carbocycles. The van der Waals surface area contributed by atoms with Gasteiger partial charge in [-0.05, 0) is 6.92 Å². The predicted octanol–water partition coefficient (Wildman–Crippen LogP) is 0.280. The smallest absolute Gasteiger partial charge is 0.429 e. The average molecular weight is 289 g/mol. The van der Waals surface area contributed by atoms with E-state index in [0.717, 1.165) is 0 Å². The molecule has 0 saturated carbocycles. The lowest BCUT2D eigenvalue weighted by Crippen LogP contribution is -2.47. The van der Waals surface area contributed by atoms with Crippen LogP contribution in [0.5, 0.6) is 0 Å². The normalized spacial score (nSPS) is 24.4. The second-order valence-electron chi connectivity index (χ2n) is 3.51. The summed E-state index contributed by atoms with van der Waals surface area (Å²) in [6, 6.07) is 0. The maximum absolute atomic E-state index is 12.5. The summed E-state index contributed by atoms with van der Waals surface area (Å²) < 4.78 is 64.8. The van der Waals surface area contributed by atoms with Gasteiger partial charge in [-0.15, -0.1) is 0 Å². The Labute approximate surface area is 101 Å². The number of hydrogen-bond acceptors (Lipinski definition) is 6. The molecule has 0 aromatic rings. The number of esters is 1. The molecule has 18 heavy (non-hydrogen) atoms. The van der Waals surface area contributed by atoms with E-state index in [2.05, 4.69) is 14.7 Å². The summed E-state index contributed by atoms with van der Waals surface area (Å²) in [6.45, 7) is 1.30. The van der Waals surface area contributed by atoms with Gasteiger partial charge in [-0.1, -0.05) is 5.16 Å². The molecule has 10 heteroatoms. The Hall–Kier alpha value is -1.32. The van der Waals surface area contributed by atoms with E-state index in [0.29, 0.717) is 6.26 Å². The molecule has 0 N–H and O–H groups in total. The van der Waals surface area contributed by atoms with E-state index in [4.69, 9.17) is 0 Å². The number of carbonyl (C=O) groups excluding carboxylic acids is 1. The first kappa shape index (κ1) is 14.7. The summed E-state index contributed by atoms with van der Waals surface area (Å²) in [5, 5.41) is 0.695. The number of oxime groups is 1. The van der Waals surface area contributed by atoms with Crippen LogP contribution >= 0.6 is 0 Å². The van der Waals surface area contributed by atoms with E-state index < -0.39 is 39.0 Å². The molecule has 1 heterocycles. The molecule has 0 bridgehead atoms. The third-order valence-electron chi connectivity index (χ3n) is 2.08. The van der Waals surface area contributed by atoms with Crippen LogP contribution in [-0.2, 0) is 24.2 Å². The first-order chi connectivity index (χ1) is 8.09. The summed E-state index contributed by atoms with van der Waals surface area (Å²) in [6.07, 6.45) is -7.07. The highest BCUT2D eigenvalue weighted by Crippen LogP contribution is 2.33. The molecule has 104 valence electrons. The Kier molecular flexibility index (Phi) is 3.89. The highest BCUT2D eigenvalue weighted by atomic mass is 32.2. The summed E-state index contributed by atoms with van der Waals surface area (Å²) in [7, 11) is -4.22. The van der Waals surface area contributed by atoms with Crippen LogP contribution in [0.25, 0.3) is 0 Å². The molecule has 0 amide bonds. The van der Waals surface area contributed by atoms with Gasteiger partial charge in [-0.2, -0.15) is 13.2 Å². The molecular weight excluding hydrogens is 279 g/mol. The molecule has 1 aliphatic rings. The van der Waals surface area contributed by atoms with Gasteiger partial charge in [0, 0.05) is 6.26 Å². The number of rotatable bonds is 3. The summed E-state index contributed by atoms with van der Waals surface area (Å²) in [4.78, 5) is 15.3. The van der Waals surface area contributed by atoms with Gasteiger partial charge in [-0.3, -0.25) is 0 Å². The number of nitrogens with zero attached hydrogens (tertiary/aromatic N) is 1. The second kappa shape index (κ2) is 4.75. The lowest BCUT2D eigenvalue weighted by atomic mass is 10.1. The van der Waals surface area contributed by atoms with E-state index in [-0.39, 0.29) is 6.61 Å². The van der Waals surface area contributed by atoms with Crippen LogP contribution in [0.15, 0.2) is 5.16 Å². The average Bonchev–Trinajstić information content (AvgIpc) is 2.60. The molecule has 2 unspecified atom stereocenters. The minimum absolute atomic E-state index is 0.120. The third kappa shape index (κ3) is 2.92. The van der Waals surface area contributed by atoms with Crippen LogP contribution in [0.4, 0.5) is 13.2 Å². The molecule has 2 atom stereocenters. The van der Waals surface area contributed by atoms with Crippen LogP contribution in [0, 0.1) is 0 Å². The van der Waals surface area contributed by atoms with Gasteiger partial charge in [-0.25, -0.2) is 13.2 Å². The van der Waals surface area contributed by atoms with E-state index in [9.17, 15) is 26.4 Å². The molecule has 1 aliphatic heterocycles. The van der Waals surface area contributed by atoms with Gasteiger partial charge in [0.05, 0.1) is 6.61 Å². The highest BCUT2D eigenvalue weighted by Gasteiger charge is 2.58. The molecule has 1 rings (SSSR count). The third-order valence-corrected chi connectivity index (χ3v) is 3.47. The van der Waals surface area contributed by atoms with Gasteiger partial charge in [0.2, 0.25) is 6.10 Å². The van der Waals surface area contributed by atoms with Gasteiger partial charge < -0.3 is 9.57 Å². The molecule has 0 saturated heterocycles. The quantitative estimate of drug-likeness (QED) is 0.697. The van der Waals surface area contributed by atoms with Gasteiger partial charge in [0.15, 0.2) is 20.8 Å². The van der Waals surface area contributed by atoms with Crippen LogP contribution in [0.1, 0.15) is 6.92 Å². The first-order valence-electron chi connectivity index (χ1n) is 4.75. The van der Waals surface area contributed by atoms with Crippen molar-refractivity contribution in [1.82, 2.24) is 0 Å². The molecule has 0 aliphatic carbocycles. The Morgan fingerprint density at radius 1 is 1.50 bits per heavy atom. The van der Waals surface area contributed by atoms with Gasteiger partial charge in [0.25, 0.3) is 0 Å².